The Morgan fingerprint density at radius 3 is 1.20 bits per heavy atom. The van der Waals surface area contributed by atoms with Gasteiger partial charge in [0.2, 0.25) is 0 Å². The quantitative estimate of drug-likeness (QED) is 0.440. The smallest absolute Gasteiger partial charge is 0.350 e. The van der Waals surface area contributed by atoms with Gasteiger partial charge in [0.05, 0.1) is 13.2 Å². The molecule has 0 bridgehead atoms. The third-order valence-corrected chi connectivity index (χ3v) is 2.68. The summed E-state index contributed by atoms with van der Waals surface area (Å²) in [4.78, 5) is 46.6. The first kappa shape index (κ1) is 18.2. The Balaban J connectivity index is 6.07. The molecule has 0 spiro atoms. The number of carbonyl (C=O) groups excluding carboxylic acids is 4. The van der Waals surface area contributed by atoms with Gasteiger partial charge in [-0.1, -0.05) is 0 Å². The third-order valence-electron chi connectivity index (χ3n) is 2.68. The summed E-state index contributed by atoms with van der Waals surface area (Å²) >= 11 is 0. The predicted molar refractivity (Wildman–Crippen MR) is 64.5 cm³/mol. The molecule has 8 heteroatoms. The van der Waals surface area contributed by atoms with E-state index >= 15 is 0 Å². The molecule has 8 nitrogen and oxygen atoms in total. The van der Waals surface area contributed by atoms with Crippen molar-refractivity contribution in [2.45, 2.75) is 38.9 Å². The summed E-state index contributed by atoms with van der Waals surface area (Å²) < 4.78 is 8.93. The van der Waals surface area contributed by atoms with Gasteiger partial charge in [-0.05, 0) is 27.7 Å². The first-order valence-corrected chi connectivity index (χ1v) is 5.91. The van der Waals surface area contributed by atoms with Crippen LogP contribution >= 0.6 is 0 Å². The first-order chi connectivity index (χ1) is 9.10. The Morgan fingerprint density at radius 1 is 0.800 bits per heavy atom. The summed E-state index contributed by atoms with van der Waals surface area (Å²) in [5, 5.41) is 20.4. The fraction of sp³-hybridized carbons (Fsp3) is 0.667. The maximum atomic E-state index is 11.8. The van der Waals surface area contributed by atoms with Crippen LogP contribution in [0.15, 0.2) is 0 Å². The second-order valence-electron chi connectivity index (χ2n) is 3.97. The zero-order valence-corrected chi connectivity index (χ0v) is 11.8. The minimum Gasteiger partial charge on any atom is -0.463 e. The zero-order valence-electron chi connectivity index (χ0n) is 11.8. The number of carbonyl (C=O) groups is 4. The number of hydrogen-bond acceptors (Lipinski definition) is 8. The summed E-state index contributed by atoms with van der Waals surface area (Å²) in [6.45, 7) is 3.79. The molecule has 0 amide bonds. The van der Waals surface area contributed by atoms with Crippen LogP contribution < -0.4 is 0 Å². The van der Waals surface area contributed by atoms with Crippen molar-refractivity contribution in [3.05, 3.63) is 0 Å². The molecule has 0 fully saturated rings. The van der Waals surface area contributed by atoms with E-state index in [1.807, 2.05) is 0 Å². The van der Waals surface area contributed by atoms with Gasteiger partial charge in [0.15, 0.2) is 11.6 Å². The van der Waals surface area contributed by atoms with Gasteiger partial charge in [0.1, 0.15) is 0 Å². The molecule has 20 heavy (non-hydrogen) atoms. The SMILES string of the molecule is CCOC(=O)C(O)(C(C)=O)C(O)(C(C)=O)C(=O)OCC. The number of ketones is 2. The summed E-state index contributed by atoms with van der Waals surface area (Å²) in [5.74, 6) is -5.83. The van der Waals surface area contributed by atoms with Crippen LogP contribution in [-0.2, 0) is 28.7 Å². The van der Waals surface area contributed by atoms with Crippen LogP contribution in [0.3, 0.4) is 0 Å². The van der Waals surface area contributed by atoms with E-state index in [0.717, 1.165) is 13.8 Å². The van der Waals surface area contributed by atoms with Crippen molar-refractivity contribution >= 4 is 23.5 Å². The molecule has 114 valence electrons. The maximum absolute atomic E-state index is 11.8. The van der Waals surface area contributed by atoms with Crippen LogP contribution in [0.1, 0.15) is 27.7 Å². The molecule has 2 atom stereocenters. The minimum absolute atomic E-state index is 0.231. The number of hydrogen-bond donors (Lipinski definition) is 2. The highest BCUT2D eigenvalue weighted by Crippen LogP contribution is 2.28. The van der Waals surface area contributed by atoms with Crippen molar-refractivity contribution < 1.29 is 38.9 Å². The fourth-order valence-corrected chi connectivity index (χ4v) is 1.56. The number of rotatable bonds is 7. The van der Waals surface area contributed by atoms with Crippen LogP contribution in [0.2, 0.25) is 0 Å². The Kier molecular flexibility index (Phi) is 5.98. The zero-order chi connectivity index (χ0) is 16.1. The Hall–Kier alpha value is -1.80. The van der Waals surface area contributed by atoms with Crippen molar-refractivity contribution in [2.75, 3.05) is 13.2 Å². The van der Waals surface area contributed by atoms with Gasteiger partial charge >= 0.3 is 11.9 Å². The van der Waals surface area contributed by atoms with Crippen LogP contribution in [0.5, 0.6) is 0 Å². The molecular formula is C12H18O8. The lowest BCUT2D eigenvalue weighted by molar-refractivity contribution is -0.211. The van der Waals surface area contributed by atoms with Crippen molar-refractivity contribution in [1.82, 2.24) is 0 Å². The third kappa shape index (κ3) is 2.70. The Bertz CT molecular complexity index is 389. The molecule has 2 unspecified atom stereocenters. The van der Waals surface area contributed by atoms with Gasteiger partial charge in [-0.2, -0.15) is 0 Å². The topological polar surface area (TPSA) is 127 Å². The second kappa shape index (κ2) is 6.58. The number of aliphatic hydroxyl groups is 2. The lowest BCUT2D eigenvalue weighted by Gasteiger charge is -2.35. The van der Waals surface area contributed by atoms with Gasteiger partial charge < -0.3 is 19.7 Å². The highest BCUT2D eigenvalue weighted by molar-refractivity contribution is 6.21. The lowest BCUT2D eigenvalue weighted by atomic mass is 9.77. The summed E-state index contributed by atoms with van der Waals surface area (Å²) in [5.41, 5.74) is -6.72. The summed E-state index contributed by atoms with van der Waals surface area (Å²) in [7, 11) is 0. The molecule has 0 radical (unpaired) electrons. The second-order valence-corrected chi connectivity index (χ2v) is 3.97. The number of esters is 2. The molecule has 0 aromatic rings. The number of Topliss-reactive ketones (excluding diaryl/α,β-unsaturated/α-hetero) is 2. The van der Waals surface area contributed by atoms with Gasteiger partial charge in [-0.15, -0.1) is 0 Å². The normalized spacial score (nSPS) is 16.5. The van der Waals surface area contributed by atoms with E-state index in [9.17, 15) is 29.4 Å². The van der Waals surface area contributed by atoms with E-state index in [2.05, 4.69) is 9.47 Å². The van der Waals surface area contributed by atoms with Crippen molar-refractivity contribution in [1.29, 1.82) is 0 Å². The van der Waals surface area contributed by atoms with E-state index < -0.39 is 34.7 Å². The fourth-order valence-electron chi connectivity index (χ4n) is 1.56. The molecule has 0 saturated carbocycles. The molecular weight excluding hydrogens is 272 g/mol. The Labute approximate surface area is 115 Å². The van der Waals surface area contributed by atoms with Crippen LogP contribution in [0, 0.1) is 0 Å². The lowest BCUT2D eigenvalue weighted by Crippen LogP contribution is -2.71. The molecule has 0 rings (SSSR count). The van der Waals surface area contributed by atoms with E-state index in [0.29, 0.717) is 0 Å². The van der Waals surface area contributed by atoms with Gasteiger partial charge in [-0.25, -0.2) is 9.59 Å². The summed E-state index contributed by atoms with van der Waals surface area (Å²) in [6.07, 6.45) is 0. The van der Waals surface area contributed by atoms with Crippen molar-refractivity contribution in [3.8, 4) is 0 Å². The molecule has 0 saturated heterocycles. The summed E-state index contributed by atoms with van der Waals surface area (Å²) in [6, 6.07) is 0. The van der Waals surface area contributed by atoms with Gasteiger partial charge in [0.25, 0.3) is 11.2 Å². The van der Waals surface area contributed by atoms with Crippen LogP contribution in [-0.4, -0.2) is 58.1 Å². The number of ether oxygens (including phenoxy) is 2. The van der Waals surface area contributed by atoms with Crippen molar-refractivity contribution in [2.24, 2.45) is 0 Å². The van der Waals surface area contributed by atoms with Gasteiger partial charge in [-0.3, -0.25) is 9.59 Å². The highest BCUT2D eigenvalue weighted by Gasteiger charge is 2.68. The molecule has 0 aliphatic carbocycles. The van der Waals surface area contributed by atoms with Crippen LogP contribution in [0.25, 0.3) is 0 Å². The minimum atomic E-state index is -3.36. The molecule has 2 N–H and O–H groups in total. The standard InChI is InChI=1S/C12H18O8/c1-5-19-9(15)11(17,7(3)13)12(18,8(4)14)10(16)20-6-2/h17-18H,5-6H2,1-4H3. The van der Waals surface area contributed by atoms with Crippen molar-refractivity contribution in [3.63, 3.8) is 0 Å². The largest absolute Gasteiger partial charge is 0.463 e. The Morgan fingerprint density at radius 2 is 1.05 bits per heavy atom. The van der Waals surface area contributed by atoms with Crippen LogP contribution in [0.4, 0.5) is 0 Å². The monoisotopic (exact) mass is 290 g/mol. The highest BCUT2D eigenvalue weighted by atomic mass is 16.6. The van der Waals surface area contributed by atoms with Gasteiger partial charge in [0, 0.05) is 0 Å². The molecule has 0 heterocycles. The molecule has 0 aliphatic heterocycles. The van der Waals surface area contributed by atoms with E-state index in [1.54, 1.807) is 0 Å². The maximum Gasteiger partial charge on any atom is 0.350 e. The van der Waals surface area contributed by atoms with E-state index in [-0.39, 0.29) is 13.2 Å². The average Bonchev–Trinajstić information content (AvgIpc) is 2.36. The van der Waals surface area contributed by atoms with E-state index in [1.165, 1.54) is 13.8 Å². The first-order valence-electron chi connectivity index (χ1n) is 5.91. The molecule has 0 aliphatic rings. The van der Waals surface area contributed by atoms with E-state index in [4.69, 9.17) is 0 Å². The molecule has 0 aromatic heterocycles. The molecule has 0 aromatic carbocycles. The average molecular weight is 290 g/mol. The predicted octanol–water partition coefficient (Wildman–Crippen LogP) is -1.25.